The van der Waals surface area contributed by atoms with Crippen molar-refractivity contribution in [3.63, 3.8) is 0 Å². The van der Waals surface area contributed by atoms with Crippen LogP contribution in [-0.2, 0) is 23.9 Å². The number of epoxide rings is 1. The second kappa shape index (κ2) is 8.26. The quantitative estimate of drug-likeness (QED) is 0.306. The Morgan fingerprint density at radius 3 is 2.24 bits per heavy atom. The summed E-state index contributed by atoms with van der Waals surface area (Å²) in [6.07, 6.45) is 6.60. The molecule has 4 fully saturated rings. The number of rotatable bonds is 5. The summed E-state index contributed by atoms with van der Waals surface area (Å²) in [6.45, 7) is 19.3. The van der Waals surface area contributed by atoms with Gasteiger partial charge in [0.25, 0.3) is 0 Å². The molecule has 1 aliphatic heterocycles. The van der Waals surface area contributed by atoms with Gasteiger partial charge in [0.15, 0.2) is 5.78 Å². The summed E-state index contributed by atoms with van der Waals surface area (Å²) in [5.74, 6) is 1.36. The first kappa shape index (κ1) is 27.1. The Morgan fingerprint density at radius 2 is 1.65 bits per heavy atom. The van der Waals surface area contributed by atoms with Crippen LogP contribution in [0.5, 0.6) is 0 Å². The predicted molar refractivity (Wildman–Crippen MR) is 143 cm³/mol. The monoisotopic (exact) mass is 512 g/mol. The van der Waals surface area contributed by atoms with Gasteiger partial charge in [-0.1, -0.05) is 47.1 Å². The summed E-state index contributed by atoms with van der Waals surface area (Å²) in [7, 11) is 0. The number of carbonyl (C=O) groups excluding carboxylic acids is 3. The molecule has 5 aliphatic rings. The molecular formula is C32H48O5. The maximum atomic E-state index is 13.8. The van der Waals surface area contributed by atoms with Crippen LogP contribution in [0.2, 0.25) is 0 Å². The van der Waals surface area contributed by atoms with Gasteiger partial charge in [0.2, 0.25) is 0 Å². The molecule has 5 rings (SSSR count). The minimum Gasteiger partial charge on any atom is -0.460 e. The Morgan fingerprint density at radius 1 is 1.00 bits per heavy atom. The van der Waals surface area contributed by atoms with E-state index in [1.165, 1.54) is 12.5 Å². The van der Waals surface area contributed by atoms with Crippen LogP contribution in [-0.4, -0.2) is 35.3 Å². The molecule has 8 atom stereocenters. The molecule has 0 amide bonds. The summed E-state index contributed by atoms with van der Waals surface area (Å²) >= 11 is 0. The minimum absolute atomic E-state index is 0.0204. The lowest BCUT2D eigenvalue weighted by Gasteiger charge is -2.67. The zero-order valence-electron chi connectivity index (χ0n) is 24.6. The van der Waals surface area contributed by atoms with Crippen LogP contribution in [0.15, 0.2) is 11.1 Å². The van der Waals surface area contributed by atoms with E-state index in [9.17, 15) is 14.4 Å². The lowest BCUT2D eigenvalue weighted by atomic mass is 9.36. The van der Waals surface area contributed by atoms with Gasteiger partial charge in [-0.25, -0.2) is 0 Å². The molecule has 206 valence electrons. The average molecular weight is 513 g/mol. The topological polar surface area (TPSA) is 73.0 Å². The lowest BCUT2D eigenvalue weighted by Crippen LogP contribution is -2.62. The number of ketones is 2. The van der Waals surface area contributed by atoms with E-state index < -0.39 is 0 Å². The number of Topliss-reactive ketones (excluding diaryl/α,β-unsaturated/α-hetero) is 2. The molecule has 0 N–H and O–H groups in total. The molecule has 0 aromatic rings. The molecule has 5 nitrogen and oxygen atoms in total. The number of esters is 1. The van der Waals surface area contributed by atoms with Gasteiger partial charge in [-0.2, -0.15) is 0 Å². The van der Waals surface area contributed by atoms with Crippen LogP contribution in [0.1, 0.15) is 114 Å². The fourth-order valence-electron chi connectivity index (χ4n) is 10.2. The Balaban J connectivity index is 1.46. The van der Waals surface area contributed by atoms with E-state index in [0.717, 1.165) is 37.7 Å². The number of allylic oxidation sites excluding steroid dienone is 2. The van der Waals surface area contributed by atoms with Crippen molar-refractivity contribution >= 4 is 17.5 Å². The second-order valence-corrected chi connectivity index (χ2v) is 15.0. The Labute approximate surface area is 223 Å². The van der Waals surface area contributed by atoms with Crippen LogP contribution in [0.3, 0.4) is 0 Å². The van der Waals surface area contributed by atoms with Gasteiger partial charge in [0.1, 0.15) is 18.0 Å². The van der Waals surface area contributed by atoms with E-state index >= 15 is 0 Å². The summed E-state index contributed by atoms with van der Waals surface area (Å²) in [4.78, 5) is 38.6. The molecule has 5 heteroatoms. The van der Waals surface area contributed by atoms with E-state index in [2.05, 4.69) is 41.5 Å². The Kier molecular flexibility index (Phi) is 6.05. The van der Waals surface area contributed by atoms with Gasteiger partial charge in [0.05, 0.1) is 5.60 Å². The molecule has 0 bridgehead atoms. The van der Waals surface area contributed by atoms with E-state index in [-0.39, 0.29) is 57.1 Å². The highest BCUT2D eigenvalue weighted by molar-refractivity contribution is 6.00. The fraction of sp³-hybridized carbons (Fsp3) is 0.844. The maximum Gasteiger partial charge on any atom is 0.302 e. The molecule has 1 heterocycles. The highest BCUT2D eigenvalue weighted by atomic mass is 16.6. The standard InChI is InChI=1S/C32H48O5/c1-18(16-22(36-19(2)33)27-29(5,6)37-27)26-20-10-11-24-30(7)14-13-25(35)28(3,4)23(30)12-15-31(24,8)32(20,9)17-21(26)34/h18,22-24,27H,10-17H2,1-9H3/t18-,22+,23?,24?,27-,30+,31+,32+/m1/s1. The van der Waals surface area contributed by atoms with Crippen molar-refractivity contribution in [2.24, 2.45) is 39.4 Å². The van der Waals surface area contributed by atoms with Crippen LogP contribution < -0.4 is 0 Å². The normalized spacial score (nSPS) is 43.4. The van der Waals surface area contributed by atoms with Crippen molar-refractivity contribution in [1.82, 2.24) is 0 Å². The zero-order valence-corrected chi connectivity index (χ0v) is 24.6. The number of hydrogen-bond acceptors (Lipinski definition) is 5. The third kappa shape index (κ3) is 3.76. The number of carbonyl (C=O) groups is 3. The lowest BCUT2D eigenvalue weighted by molar-refractivity contribution is -0.180. The largest absolute Gasteiger partial charge is 0.460 e. The molecular weight excluding hydrogens is 464 g/mol. The summed E-state index contributed by atoms with van der Waals surface area (Å²) in [5, 5.41) is 0. The van der Waals surface area contributed by atoms with Gasteiger partial charge in [-0.05, 0) is 86.5 Å². The number of ether oxygens (including phenoxy) is 2. The molecule has 0 aromatic heterocycles. The summed E-state index contributed by atoms with van der Waals surface area (Å²) in [6, 6.07) is 0. The number of fused-ring (bicyclic) bond motifs is 5. The zero-order chi connectivity index (χ0) is 27.3. The van der Waals surface area contributed by atoms with Crippen molar-refractivity contribution < 1.29 is 23.9 Å². The van der Waals surface area contributed by atoms with Crippen molar-refractivity contribution in [2.45, 2.75) is 131 Å². The van der Waals surface area contributed by atoms with Gasteiger partial charge >= 0.3 is 5.97 Å². The minimum atomic E-state index is -0.335. The fourth-order valence-corrected chi connectivity index (χ4v) is 10.2. The van der Waals surface area contributed by atoms with Crippen molar-refractivity contribution in [3.8, 4) is 0 Å². The van der Waals surface area contributed by atoms with Crippen LogP contribution in [0, 0.1) is 39.4 Å². The highest BCUT2D eigenvalue weighted by Gasteiger charge is 2.68. The molecule has 0 spiro atoms. The van der Waals surface area contributed by atoms with Crippen LogP contribution >= 0.6 is 0 Å². The van der Waals surface area contributed by atoms with Gasteiger partial charge in [-0.15, -0.1) is 0 Å². The molecule has 1 saturated heterocycles. The molecule has 3 saturated carbocycles. The van der Waals surface area contributed by atoms with E-state index in [1.54, 1.807) is 0 Å². The maximum absolute atomic E-state index is 13.8. The number of hydrogen-bond donors (Lipinski definition) is 0. The molecule has 0 radical (unpaired) electrons. The van der Waals surface area contributed by atoms with Crippen molar-refractivity contribution in [3.05, 3.63) is 11.1 Å². The second-order valence-electron chi connectivity index (χ2n) is 15.0. The molecule has 0 aromatic carbocycles. The SMILES string of the molecule is CC(=O)O[C@@H](C[C@@H](C)C1=C2CCC3[C@@]4(C)CCC(=O)C(C)(C)C4CC[C@]3(C)[C@@]2(C)CC1=O)[C@H]1OC1(C)C. The van der Waals surface area contributed by atoms with Gasteiger partial charge < -0.3 is 9.47 Å². The van der Waals surface area contributed by atoms with Crippen molar-refractivity contribution in [1.29, 1.82) is 0 Å². The molecule has 37 heavy (non-hydrogen) atoms. The van der Waals surface area contributed by atoms with Crippen molar-refractivity contribution in [2.75, 3.05) is 0 Å². The Hall–Kier alpha value is -1.49. The Bertz CT molecular complexity index is 1070. The first-order valence-corrected chi connectivity index (χ1v) is 14.6. The van der Waals surface area contributed by atoms with Crippen LogP contribution in [0.25, 0.3) is 0 Å². The van der Waals surface area contributed by atoms with E-state index in [4.69, 9.17) is 9.47 Å². The third-order valence-corrected chi connectivity index (χ3v) is 12.3. The average Bonchev–Trinajstić information content (AvgIpc) is 3.31. The van der Waals surface area contributed by atoms with Crippen LogP contribution in [0.4, 0.5) is 0 Å². The smallest absolute Gasteiger partial charge is 0.302 e. The van der Waals surface area contributed by atoms with Gasteiger partial charge in [-0.3, -0.25) is 14.4 Å². The van der Waals surface area contributed by atoms with Gasteiger partial charge in [0, 0.05) is 30.6 Å². The first-order chi connectivity index (χ1) is 17.0. The first-order valence-electron chi connectivity index (χ1n) is 14.6. The molecule has 4 aliphatic carbocycles. The van der Waals surface area contributed by atoms with E-state index in [0.29, 0.717) is 36.9 Å². The predicted octanol–water partition coefficient (Wildman–Crippen LogP) is 6.62. The third-order valence-electron chi connectivity index (χ3n) is 12.3. The summed E-state index contributed by atoms with van der Waals surface area (Å²) in [5.41, 5.74) is 1.84. The highest BCUT2D eigenvalue weighted by Crippen LogP contribution is 2.73. The molecule has 2 unspecified atom stereocenters. The summed E-state index contributed by atoms with van der Waals surface area (Å²) < 4.78 is 11.6. The van der Waals surface area contributed by atoms with E-state index in [1.807, 2.05) is 13.8 Å².